The second-order valence-electron chi connectivity index (χ2n) is 6.68. The maximum absolute atomic E-state index is 12.6. The Kier molecular flexibility index (Phi) is 5.82. The highest BCUT2D eigenvalue weighted by Gasteiger charge is 2.20. The molecule has 1 N–H and O–H groups in total. The van der Waals surface area contributed by atoms with Gasteiger partial charge in [0.15, 0.2) is 5.78 Å². The Morgan fingerprint density at radius 1 is 1.19 bits per heavy atom. The number of hydrogen-bond donors (Lipinski definition) is 1. The molecule has 0 aliphatic carbocycles. The minimum atomic E-state index is -3.76. The molecule has 1 aliphatic rings. The zero-order valence-corrected chi connectivity index (χ0v) is 16.3. The zero-order chi connectivity index (χ0) is 19.4. The molecule has 0 amide bonds. The van der Waals surface area contributed by atoms with Crippen molar-refractivity contribution in [2.45, 2.75) is 30.8 Å². The van der Waals surface area contributed by atoms with Crippen LogP contribution in [0.1, 0.15) is 30.1 Å². The molecule has 27 heavy (non-hydrogen) atoms. The third-order valence-electron chi connectivity index (χ3n) is 4.75. The van der Waals surface area contributed by atoms with E-state index in [-0.39, 0.29) is 16.8 Å². The summed E-state index contributed by atoms with van der Waals surface area (Å²) >= 11 is 0. The highest BCUT2D eigenvalue weighted by molar-refractivity contribution is 7.92. The zero-order valence-electron chi connectivity index (χ0n) is 15.5. The first kappa shape index (κ1) is 19.4. The average Bonchev–Trinajstić information content (AvgIpc) is 2.68. The number of methoxy groups -OCH3 is 1. The first-order chi connectivity index (χ1) is 12.9. The van der Waals surface area contributed by atoms with Crippen molar-refractivity contribution in [3.05, 3.63) is 54.1 Å². The molecule has 144 valence electrons. The molecule has 0 saturated carbocycles. The van der Waals surface area contributed by atoms with E-state index in [9.17, 15) is 13.2 Å². The van der Waals surface area contributed by atoms with Crippen molar-refractivity contribution in [3.8, 4) is 0 Å². The highest BCUT2D eigenvalue weighted by Crippen LogP contribution is 2.24. The molecule has 7 heteroatoms. The number of sulfonamides is 1. The number of ether oxygens (including phenoxy) is 1. The lowest BCUT2D eigenvalue weighted by Gasteiger charge is -2.33. The Labute approximate surface area is 160 Å². The van der Waals surface area contributed by atoms with Gasteiger partial charge in [-0.1, -0.05) is 12.1 Å². The van der Waals surface area contributed by atoms with Gasteiger partial charge in [0.1, 0.15) is 0 Å². The molecule has 1 fully saturated rings. The normalized spacial score (nSPS) is 17.6. The predicted molar refractivity (Wildman–Crippen MR) is 106 cm³/mol. The number of anilines is 2. The molecule has 2 aromatic carbocycles. The minimum Gasteiger partial charge on any atom is -0.380 e. The van der Waals surface area contributed by atoms with E-state index in [1.54, 1.807) is 31.4 Å². The van der Waals surface area contributed by atoms with Gasteiger partial charge in [-0.05, 0) is 56.2 Å². The van der Waals surface area contributed by atoms with Crippen LogP contribution in [0.3, 0.4) is 0 Å². The van der Waals surface area contributed by atoms with Crippen molar-refractivity contribution in [3.63, 3.8) is 0 Å². The summed E-state index contributed by atoms with van der Waals surface area (Å²) in [4.78, 5) is 13.8. The molecule has 3 rings (SSSR count). The van der Waals surface area contributed by atoms with Crippen LogP contribution in [0.2, 0.25) is 0 Å². The fourth-order valence-electron chi connectivity index (χ4n) is 3.20. The van der Waals surface area contributed by atoms with Crippen LogP contribution in [-0.4, -0.2) is 40.5 Å². The number of rotatable bonds is 6. The largest absolute Gasteiger partial charge is 0.380 e. The van der Waals surface area contributed by atoms with Crippen molar-refractivity contribution in [1.29, 1.82) is 0 Å². The lowest BCUT2D eigenvalue weighted by atomic mass is 10.1. The molecule has 1 heterocycles. The fourth-order valence-corrected chi connectivity index (χ4v) is 4.31. The van der Waals surface area contributed by atoms with Gasteiger partial charge in [-0.25, -0.2) is 8.42 Å². The quantitative estimate of drug-likeness (QED) is 0.769. The van der Waals surface area contributed by atoms with Crippen LogP contribution in [-0.2, 0) is 14.8 Å². The summed E-state index contributed by atoms with van der Waals surface area (Å²) in [5.74, 6) is -0.174. The van der Waals surface area contributed by atoms with Gasteiger partial charge in [-0.2, -0.15) is 0 Å². The number of hydrogen-bond acceptors (Lipinski definition) is 5. The molecule has 0 spiro atoms. The molecule has 1 atom stereocenters. The number of piperidine rings is 1. The molecule has 0 bridgehead atoms. The molecule has 2 aromatic rings. The number of benzene rings is 2. The van der Waals surface area contributed by atoms with Crippen LogP contribution in [0, 0.1) is 0 Å². The van der Waals surface area contributed by atoms with Crippen molar-refractivity contribution < 1.29 is 17.9 Å². The second-order valence-corrected chi connectivity index (χ2v) is 8.36. The minimum absolute atomic E-state index is 0.0678. The van der Waals surface area contributed by atoms with E-state index in [1.165, 1.54) is 19.1 Å². The molecule has 1 saturated heterocycles. The van der Waals surface area contributed by atoms with E-state index < -0.39 is 10.0 Å². The van der Waals surface area contributed by atoms with Gasteiger partial charge in [-0.15, -0.1) is 0 Å². The fraction of sp³-hybridized carbons (Fsp3) is 0.350. The average molecular weight is 388 g/mol. The molecule has 0 aromatic heterocycles. The Balaban J connectivity index is 1.74. The van der Waals surface area contributed by atoms with E-state index in [0.29, 0.717) is 11.3 Å². The number of carbonyl (C=O) groups is 1. The van der Waals surface area contributed by atoms with Crippen LogP contribution < -0.4 is 9.62 Å². The van der Waals surface area contributed by atoms with Crippen LogP contribution in [0.5, 0.6) is 0 Å². The summed E-state index contributed by atoms with van der Waals surface area (Å²) in [7, 11) is -2.03. The standard InChI is InChI=1S/C20H24N2O4S/c1-15(23)16-5-3-7-20(13-16)27(24,25)21-17-8-10-18(11-9-17)22-12-4-6-19(14-22)26-2/h3,5,7-11,13,19,21H,4,6,12,14H2,1-2H3. The lowest BCUT2D eigenvalue weighted by Crippen LogP contribution is -2.39. The number of nitrogens with one attached hydrogen (secondary N) is 1. The lowest BCUT2D eigenvalue weighted by molar-refractivity contribution is 0.0893. The van der Waals surface area contributed by atoms with Gasteiger partial charge in [0.25, 0.3) is 10.0 Å². The first-order valence-electron chi connectivity index (χ1n) is 8.90. The summed E-state index contributed by atoms with van der Waals surface area (Å²) in [6, 6.07) is 13.3. The topological polar surface area (TPSA) is 75.7 Å². The summed E-state index contributed by atoms with van der Waals surface area (Å²) in [6.45, 7) is 3.20. The van der Waals surface area contributed by atoms with E-state index >= 15 is 0 Å². The van der Waals surface area contributed by atoms with Gasteiger partial charge in [0.2, 0.25) is 0 Å². The maximum Gasteiger partial charge on any atom is 0.261 e. The van der Waals surface area contributed by atoms with Crippen molar-refractivity contribution in [2.24, 2.45) is 0 Å². The van der Waals surface area contributed by atoms with Crippen LogP contribution in [0.4, 0.5) is 11.4 Å². The molecule has 1 unspecified atom stereocenters. The van der Waals surface area contributed by atoms with Crippen molar-refractivity contribution in [1.82, 2.24) is 0 Å². The molecule has 6 nitrogen and oxygen atoms in total. The van der Waals surface area contributed by atoms with Gasteiger partial charge >= 0.3 is 0 Å². The van der Waals surface area contributed by atoms with Crippen molar-refractivity contribution in [2.75, 3.05) is 29.8 Å². The summed E-state index contributed by atoms with van der Waals surface area (Å²) in [6.07, 6.45) is 2.36. The van der Waals surface area contributed by atoms with E-state index in [4.69, 9.17) is 4.74 Å². The second kappa shape index (κ2) is 8.10. The van der Waals surface area contributed by atoms with Gasteiger partial charge in [-0.3, -0.25) is 9.52 Å². The highest BCUT2D eigenvalue weighted by atomic mass is 32.2. The molecular formula is C20H24N2O4S. The van der Waals surface area contributed by atoms with E-state index in [1.807, 2.05) is 12.1 Å². The summed E-state index contributed by atoms with van der Waals surface area (Å²) < 4.78 is 33.2. The van der Waals surface area contributed by atoms with E-state index in [2.05, 4.69) is 9.62 Å². The summed E-state index contributed by atoms with van der Waals surface area (Å²) in [5.41, 5.74) is 1.89. The Bertz CT molecular complexity index is 910. The SMILES string of the molecule is COC1CCCN(c2ccc(NS(=O)(=O)c3cccc(C(C)=O)c3)cc2)C1. The molecule has 1 aliphatic heterocycles. The number of nitrogens with zero attached hydrogens (tertiary/aromatic N) is 1. The predicted octanol–water partition coefficient (Wildman–Crippen LogP) is 3.31. The van der Waals surface area contributed by atoms with Crippen LogP contribution >= 0.6 is 0 Å². The molecule has 0 radical (unpaired) electrons. The van der Waals surface area contributed by atoms with Crippen LogP contribution in [0.25, 0.3) is 0 Å². The third kappa shape index (κ3) is 4.67. The molecular weight excluding hydrogens is 364 g/mol. The monoisotopic (exact) mass is 388 g/mol. The maximum atomic E-state index is 12.6. The van der Waals surface area contributed by atoms with Gasteiger partial charge in [0.05, 0.1) is 11.0 Å². The van der Waals surface area contributed by atoms with Gasteiger partial charge in [0, 0.05) is 37.1 Å². The smallest absolute Gasteiger partial charge is 0.261 e. The van der Waals surface area contributed by atoms with Gasteiger partial charge < -0.3 is 9.64 Å². The van der Waals surface area contributed by atoms with Crippen molar-refractivity contribution >= 4 is 27.2 Å². The number of Topliss-reactive ketones (excluding diaryl/α,β-unsaturated/α-hetero) is 1. The van der Waals surface area contributed by atoms with E-state index in [0.717, 1.165) is 31.6 Å². The summed E-state index contributed by atoms with van der Waals surface area (Å²) in [5, 5.41) is 0. The first-order valence-corrected chi connectivity index (χ1v) is 10.4. The Morgan fingerprint density at radius 3 is 2.59 bits per heavy atom. The Morgan fingerprint density at radius 2 is 1.93 bits per heavy atom. The van der Waals surface area contributed by atoms with Crippen LogP contribution in [0.15, 0.2) is 53.4 Å². The Hall–Kier alpha value is -2.38. The third-order valence-corrected chi connectivity index (χ3v) is 6.13. The number of carbonyl (C=O) groups excluding carboxylic acids is 1. The number of ketones is 1.